The molecule has 1 aromatic heterocycles. The number of nitrogens with one attached hydrogen (secondary N) is 1. The fourth-order valence-corrected chi connectivity index (χ4v) is 2.69. The Bertz CT molecular complexity index is 332. The lowest BCUT2D eigenvalue weighted by Crippen LogP contribution is -2.26. The first-order valence-electron chi connectivity index (χ1n) is 6.90. The van der Waals surface area contributed by atoms with Crippen molar-refractivity contribution in [3.8, 4) is 0 Å². The van der Waals surface area contributed by atoms with Crippen LogP contribution in [0.3, 0.4) is 0 Å². The monoisotopic (exact) mass is 235 g/mol. The van der Waals surface area contributed by atoms with E-state index < -0.39 is 0 Å². The summed E-state index contributed by atoms with van der Waals surface area (Å²) in [6.07, 6.45) is 3.51. The molecule has 1 unspecified atom stereocenters. The van der Waals surface area contributed by atoms with Gasteiger partial charge in [0.25, 0.3) is 0 Å². The Morgan fingerprint density at radius 1 is 1.35 bits per heavy atom. The highest BCUT2D eigenvalue weighted by molar-refractivity contribution is 5.06. The third kappa shape index (κ3) is 3.33. The number of likely N-dealkylation sites (tertiary alicyclic amines) is 1. The lowest BCUT2D eigenvalue weighted by Gasteiger charge is -2.14. The number of nitrogens with zero attached hydrogens (tertiary/aromatic N) is 2. The van der Waals surface area contributed by atoms with Crippen molar-refractivity contribution in [2.75, 3.05) is 26.2 Å². The quantitative estimate of drug-likeness (QED) is 0.813. The van der Waals surface area contributed by atoms with Gasteiger partial charge < -0.3 is 14.8 Å². The molecule has 1 N–H and O–H groups in total. The van der Waals surface area contributed by atoms with E-state index in [2.05, 4.69) is 47.0 Å². The molecule has 17 heavy (non-hydrogen) atoms. The molecule has 2 rings (SSSR count). The molecule has 96 valence electrons. The molecule has 3 heteroatoms. The van der Waals surface area contributed by atoms with Gasteiger partial charge in [-0.25, -0.2) is 0 Å². The Morgan fingerprint density at radius 3 is 2.94 bits per heavy atom. The Kier molecular flexibility index (Phi) is 4.63. The molecule has 2 heterocycles. The third-order valence-corrected chi connectivity index (χ3v) is 3.82. The summed E-state index contributed by atoms with van der Waals surface area (Å²) in [5.74, 6) is 0.847. The molecule has 3 nitrogen and oxygen atoms in total. The summed E-state index contributed by atoms with van der Waals surface area (Å²) in [4.78, 5) is 2.54. The number of hydrogen-bond acceptors (Lipinski definition) is 2. The number of aryl methyl sites for hydroxylation is 1. The molecule has 1 atom stereocenters. The topological polar surface area (TPSA) is 20.2 Å². The average molecular weight is 235 g/mol. The summed E-state index contributed by atoms with van der Waals surface area (Å²) in [6, 6.07) is 4.35. The predicted octanol–water partition coefficient (Wildman–Crippen LogP) is 1.94. The minimum Gasteiger partial charge on any atom is -0.351 e. The molecule has 0 amide bonds. The standard InChI is InChI=1S/C14H25N3/c1-3-16-9-7-13(12-16)10-15-11-14-6-5-8-17(14)4-2/h5-6,8,13,15H,3-4,7,9-12H2,1-2H3. The average Bonchev–Trinajstić information content (AvgIpc) is 2.97. The second-order valence-electron chi connectivity index (χ2n) is 4.96. The van der Waals surface area contributed by atoms with Crippen molar-refractivity contribution in [2.24, 2.45) is 5.92 Å². The van der Waals surface area contributed by atoms with Gasteiger partial charge in [-0.15, -0.1) is 0 Å². The Balaban J connectivity index is 1.70. The maximum Gasteiger partial charge on any atom is 0.0359 e. The lowest BCUT2D eigenvalue weighted by atomic mass is 10.1. The van der Waals surface area contributed by atoms with Gasteiger partial charge in [0.1, 0.15) is 0 Å². The fourth-order valence-electron chi connectivity index (χ4n) is 2.69. The van der Waals surface area contributed by atoms with Gasteiger partial charge in [0.15, 0.2) is 0 Å². The number of hydrogen-bond donors (Lipinski definition) is 1. The van der Waals surface area contributed by atoms with Crippen molar-refractivity contribution in [2.45, 2.75) is 33.4 Å². The molecule has 1 aromatic rings. The molecule has 1 fully saturated rings. The van der Waals surface area contributed by atoms with Crippen molar-refractivity contribution in [3.05, 3.63) is 24.0 Å². The van der Waals surface area contributed by atoms with E-state index in [1.807, 2.05) is 0 Å². The molecular weight excluding hydrogens is 210 g/mol. The van der Waals surface area contributed by atoms with Gasteiger partial charge in [0.2, 0.25) is 0 Å². The van der Waals surface area contributed by atoms with Crippen LogP contribution in [0.4, 0.5) is 0 Å². The smallest absolute Gasteiger partial charge is 0.0359 e. The van der Waals surface area contributed by atoms with E-state index in [1.54, 1.807) is 0 Å². The van der Waals surface area contributed by atoms with Gasteiger partial charge in [0, 0.05) is 31.5 Å². The van der Waals surface area contributed by atoms with Crippen molar-refractivity contribution in [1.82, 2.24) is 14.8 Å². The van der Waals surface area contributed by atoms with E-state index in [9.17, 15) is 0 Å². The summed E-state index contributed by atoms with van der Waals surface area (Å²) in [6.45, 7) is 11.4. The normalized spacial score (nSPS) is 21.2. The molecular formula is C14H25N3. The SMILES string of the molecule is CCN1CCC(CNCc2cccn2CC)C1. The molecule has 1 aliphatic rings. The van der Waals surface area contributed by atoms with Gasteiger partial charge in [-0.1, -0.05) is 6.92 Å². The number of rotatable bonds is 6. The fraction of sp³-hybridized carbons (Fsp3) is 0.714. The maximum atomic E-state index is 3.60. The van der Waals surface area contributed by atoms with Crippen LogP contribution in [0.2, 0.25) is 0 Å². The maximum absolute atomic E-state index is 3.60. The van der Waals surface area contributed by atoms with Crippen LogP contribution >= 0.6 is 0 Å². The highest BCUT2D eigenvalue weighted by Gasteiger charge is 2.20. The van der Waals surface area contributed by atoms with Crippen LogP contribution in [-0.4, -0.2) is 35.6 Å². The first-order chi connectivity index (χ1) is 8.33. The Morgan fingerprint density at radius 2 is 2.24 bits per heavy atom. The van der Waals surface area contributed by atoms with Gasteiger partial charge in [-0.3, -0.25) is 0 Å². The van der Waals surface area contributed by atoms with Gasteiger partial charge >= 0.3 is 0 Å². The van der Waals surface area contributed by atoms with E-state index in [-0.39, 0.29) is 0 Å². The largest absolute Gasteiger partial charge is 0.351 e. The van der Waals surface area contributed by atoms with Crippen molar-refractivity contribution in [1.29, 1.82) is 0 Å². The summed E-state index contributed by atoms with van der Waals surface area (Å²) in [5.41, 5.74) is 1.40. The predicted molar refractivity (Wildman–Crippen MR) is 72.0 cm³/mol. The first kappa shape index (κ1) is 12.7. The summed E-state index contributed by atoms with van der Waals surface area (Å²) in [5, 5.41) is 3.60. The molecule has 0 saturated carbocycles. The van der Waals surface area contributed by atoms with E-state index in [0.29, 0.717) is 0 Å². The highest BCUT2D eigenvalue weighted by atomic mass is 15.1. The van der Waals surface area contributed by atoms with Crippen LogP contribution in [0.25, 0.3) is 0 Å². The second kappa shape index (κ2) is 6.22. The van der Waals surface area contributed by atoms with Crippen LogP contribution in [0.1, 0.15) is 26.0 Å². The first-order valence-corrected chi connectivity index (χ1v) is 6.90. The van der Waals surface area contributed by atoms with Crippen molar-refractivity contribution >= 4 is 0 Å². The molecule has 1 aliphatic heterocycles. The molecule has 0 bridgehead atoms. The number of aromatic nitrogens is 1. The lowest BCUT2D eigenvalue weighted by molar-refractivity contribution is 0.338. The molecule has 0 aromatic carbocycles. The van der Waals surface area contributed by atoms with Gasteiger partial charge in [0.05, 0.1) is 0 Å². The summed E-state index contributed by atoms with van der Waals surface area (Å²) >= 11 is 0. The van der Waals surface area contributed by atoms with Crippen LogP contribution in [-0.2, 0) is 13.1 Å². The third-order valence-electron chi connectivity index (χ3n) is 3.82. The molecule has 0 aliphatic carbocycles. The summed E-state index contributed by atoms with van der Waals surface area (Å²) in [7, 11) is 0. The minimum absolute atomic E-state index is 0.847. The molecule has 0 radical (unpaired) electrons. The highest BCUT2D eigenvalue weighted by Crippen LogP contribution is 2.14. The van der Waals surface area contributed by atoms with E-state index in [4.69, 9.17) is 0 Å². The zero-order valence-corrected chi connectivity index (χ0v) is 11.2. The Hall–Kier alpha value is -0.800. The molecule has 1 saturated heterocycles. The zero-order valence-electron chi connectivity index (χ0n) is 11.2. The van der Waals surface area contributed by atoms with Crippen LogP contribution in [0.15, 0.2) is 18.3 Å². The van der Waals surface area contributed by atoms with Crippen LogP contribution < -0.4 is 5.32 Å². The second-order valence-corrected chi connectivity index (χ2v) is 4.96. The van der Waals surface area contributed by atoms with Crippen LogP contribution in [0.5, 0.6) is 0 Å². The van der Waals surface area contributed by atoms with Gasteiger partial charge in [-0.05, 0) is 51.0 Å². The van der Waals surface area contributed by atoms with Gasteiger partial charge in [-0.2, -0.15) is 0 Å². The summed E-state index contributed by atoms with van der Waals surface area (Å²) < 4.78 is 2.31. The van der Waals surface area contributed by atoms with Crippen LogP contribution in [0, 0.1) is 5.92 Å². The van der Waals surface area contributed by atoms with E-state index >= 15 is 0 Å². The van der Waals surface area contributed by atoms with E-state index in [0.717, 1.165) is 25.6 Å². The minimum atomic E-state index is 0.847. The van der Waals surface area contributed by atoms with Crippen molar-refractivity contribution in [3.63, 3.8) is 0 Å². The van der Waals surface area contributed by atoms with Crippen molar-refractivity contribution < 1.29 is 0 Å². The Labute approximate surface area is 105 Å². The van der Waals surface area contributed by atoms with E-state index in [1.165, 1.54) is 31.7 Å². The molecule has 0 spiro atoms. The zero-order chi connectivity index (χ0) is 12.1.